The average molecular weight is 242 g/mol. The number of hydrogen-bond acceptors (Lipinski definition) is 4. The van der Waals surface area contributed by atoms with Gasteiger partial charge in [-0.05, 0) is 36.4 Å². The van der Waals surface area contributed by atoms with E-state index < -0.39 is 0 Å². The number of aromatic nitrogens is 1. The van der Waals surface area contributed by atoms with Crippen molar-refractivity contribution in [3.63, 3.8) is 0 Å². The van der Waals surface area contributed by atoms with Gasteiger partial charge < -0.3 is 10.8 Å². The Kier molecular flexibility index (Phi) is 2.23. The third-order valence-corrected chi connectivity index (χ3v) is 3.63. The Morgan fingerprint density at radius 3 is 2.53 bits per heavy atom. The largest absolute Gasteiger partial charge is 0.506 e. The number of fused-ring (bicyclic) bond motifs is 1. The highest BCUT2D eigenvalue weighted by Gasteiger charge is 2.08. The van der Waals surface area contributed by atoms with Crippen LogP contribution in [0.1, 0.15) is 0 Å². The molecule has 1 aromatic heterocycles. The van der Waals surface area contributed by atoms with Crippen LogP contribution in [0, 0.1) is 0 Å². The van der Waals surface area contributed by atoms with Gasteiger partial charge in [0.05, 0.1) is 4.70 Å². The molecule has 4 heteroatoms. The Morgan fingerprint density at radius 1 is 1.06 bits per heavy atom. The van der Waals surface area contributed by atoms with Gasteiger partial charge in [0.2, 0.25) is 0 Å². The van der Waals surface area contributed by atoms with Crippen molar-refractivity contribution >= 4 is 27.2 Å². The van der Waals surface area contributed by atoms with E-state index >= 15 is 0 Å². The van der Waals surface area contributed by atoms with Gasteiger partial charge in [-0.25, -0.2) is 4.98 Å². The summed E-state index contributed by atoms with van der Waals surface area (Å²) in [6, 6.07) is 13.0. The number of nitrogen functional groups attached to an aromatic ring is 1. The molecule has 1 heterocycles. The first-order chi connectivity index (χ1) is 8.24. The SMILES string of the molecule is Nc1ccc(-c2nc3c(O)cccc3s2)cc1. The van der Waals surface area contributed by atoms with Gasteiger partial charge in [-0.3, -0.25) is 0 Å². The molecule has 3 N–H and O–H groups in total. The number of para-hydroxylation sites is 1. The molecule has 0 aliphatic rings. The van der Waals surface area contributed by atoms with Crippen LogP contribution in [0.3, 0.4) is 0 Å². The highest BCUT2D eigenvalue weighted by Crippen LogP contribution is 2.34. The summed E-state index contributed by atoms with van der Waals surface area (Å²) in [5.41, 5.74) is 8.05. The van der Waals surface area contributed by atoms with Crippen LogP contribution in [0.15, 0.2) is 42.5 Å². The van der Waals surface area contributed by atoms with Gasteiger partial charge in [-0.2, -0.15) is 0 Å². The Hall–Kier alpha value is -2.07. The number of aromatic hydroxyl groups is 1. The lowest BCUT2D eigenvalue weighted by Gasteiger charge is -1.96. The van der Waals surface area contributed by atoms with Gasteiger partial charge >= 0.3 is 0 Å². The molecule has 0 amide bonds. The van der Waals surface area contributed by atoms with Gasteiger partial charge in [-0.15, -0.1) is 11.3 Å². The van der Waals surface area contributed by atoms with E-state index in [-0.39, 0.29) is 5.75 Å². The van der Waals surface area contributed by atoms with Crippen molar-refractivity contribution in [2.75, 3.05) is 5.73 Å². The first kappa shape index (κ1) is 10.1. The van der Waals surface area contributed by atoms with Crippen molar-refractivity contribution in [3.8, 4) is 16.3 Å². The quantitative estimate of drug-likeness (QED) is 0.644. The molecule has 0 aliphatic carbocycles. The molecule has 17 heavy (non-hydrogen) atoms. The monoisotopic (exact) mass is 242 g/mol. The normalized spacial score (nSPS) is 10.8. The molecule has 0 unspecified atom stereocenters. The predicted octanol–water partition coefficient (Wildman–Crippen LogP) is 3.25. The number of benzene rings is 2. The van der Waals surface area contributed by atoms with Crippen LogP contribution in [0.4, 0.5) is 5.69 Å². The molecule has 3 rings (SSSR count). The Morgan fingerprint density at radius 2 is 1.82 bits per heavy atom. The van der Waals surface area contributed by atoms with Crippen molar-refractivity contribution in [1.82, 2.24) is 4.98 Å². The summed E-state index contributed by atoms with van der Waals surface area (Å²) in [6.07, 6.45) is 0. The molecule has 0 saturated heterocycles. The fourth-order valence-corrected chi connectivity index (χ4v) is 2.68. The van der Waals surface area contributed by atoms with Gasteiger partial charge in [0.25, 0.3) is 0 Å². The van der Waals surface area contributed by atoms with Crippen LogP contribution >= 0.6 is 11.3 Å². The zero-order chi connectivity index (χ0) is 11.8. The maximum Gasteiger partial charge on any atom is 0.142 e. The number of hydrogen-bond donors (Lipinski definition) is 2. The molecule has 0 spiro atoms. The maximum absolute atomic E-state index is 9.70. The Bertz CT molecular complexity index is 673. The van der Waals surface area contributed by atoms with Crippen molar-refractivity contribution in [3.05, 3.63) is 42.5 Å². The van der Waals surface area contributed by atoms with E-state index in [9.17, 15) is 5.11 Å². The summed E-state index contributed by atoms with van der Waals surface area (Å²) in [4.78, 5) is 4.44. The molecule has 84 valence electrons. The fourth-order valence-electron chi connectivity index (χ4n) is 1.68. The summed E-state index contributed by atoms with van der Waals surface area (Å²) in [5.74, 6) is 0.223. The number of anilines is 1. The van der Waals surface area contributed by atoms with E-state index in [2.05, 4.69) is 4.98 Å². The van der Waals surface area contributed by atoms with Gasteiger partial charge in [0.1, 0.15) is 16.3 Å². The zero-order valence-electron chi connectivity index (χ0n) is 8.92. The summed E-state index contributed by atoms with van der Waals surface area (Å²) < 4.78 is 0.983. The number of rotatable bonds is 1. The minimum absolute atomic E-state index is 0.223. The lowest BCUT2D eigenvalue weighted by molar-refractivity contribution is 0.480. The van der Waals surface area contributed by atoms with Crippen molar-refractivity contribution < 1.29 is 5.11 Å². The van der Waals surface area contributed by atoms with Crippen LogP contribution in [0.2, 0.25) is 0 Å². The van der Waals surface area contributed by atoms with Crippen molar-refractivity contribution in [2.24, 2.45) is 0 Å². The Labute approximate surface area is 102 Å². The van der Waals surface area contributed by atoms with E-state index in [1.807, 2.05) is 36.4 Å². The van der Waals surface area contributed by atoms with Crippen molar-refractivity contribution in [2.45, 2.75) is 0 Å². The van der Waals surface area contributed by atoms with E-state index in [0.717, 1.165) is 21.0 Å². The summed E-state index contributed by atoms with van der Waals surface area (Å²) in [5, 5.41) is 10.6. The van der Waals surface area contributed by atoms with Crippen LogP contribution < -0.4 is 5.73 Å². The lowest BCUT2D eigenvalue weighted by atomic mass is 10.2. The molecule has 0 saturated carbocycles. The van der Waals surface area contributed by atoms with E-state index in [1.54, 1.807) is 17.4 Å². The van der Waals surface area contributed by atoms with E-state index in [0.29, 0.717) is 5.52 Å². The molecule has 0 radical (unpaired) electrons. The molecule has 0 atom stereocenters. The van der Waals surface area contributed by atoms with E-state index in [4.69, 9.17) is 5.73 Å². The molecule has 3 aromatic rings. The summed E-state index contributed by atoms with van der Waals surface area (Å²) >= 11 is 1.56. The van der Waals surface area contributed by atoms with Gasteiger partial charge in [-0.1, -0.05) is 6.07 Å². The molecule has 0 bridgehead atoms. The number of phenolic OH excluding ortho intramolecular Hbond substituents is 1. The van der Waals surface area contributed by atoms with Crippen LogP contribution in [0.5, 0.6) is 5.75 Å². The molecule has 3 nitrogen and oxygen atoms in total. The molecule has 0 aliphatic heterocycles. The second kappa shape index (κ2) is 3.75. The topological polar surface area (TPSA) is 59.1 Å². The van der Waals surface area contributed by atoms with Crippen molar-refractivity contribution in [1.29, 1.82) is 0 Å². The lowest BCUT2D eigenvalue weighted by Crippen LogP contribution is -1.83. The molecular weight excluding hydrogens is 232 g/mol. The highest BCUT2D eigenvalue weighted by atomic mass is 32.1. The second-order valence-electron chi connectivity index (χ2n) is 3.76. The maximum atomic E-state index is 9.70. The smallest absolute Gasteiger partial charge is 0.142 e. The number of phenols is 1. The molecule has 2 aromatic carbocycles. The molecular formula is C13H10N2OS. The minimum atomic E-state index is 0.223. The fraction of sp³-hybridized carbons (Fsp3) is 0. The first-order valence-electron chi connectivity index (χ1n) is 5.18. The predicted molar refractivity (Wildman–Crippen MR) is 71.1 cm³/mol. The second-order valence-corrected chi connectivity index (χ2v) is 4.80. The number of thiazole rings is 1. The minimum Gasteiger partial charge on any atom is -0.506 e. The third-order valence-electron chi connectivity index (χ3n) is 2.56. The highest BCUT2D eigenvalue weighted by molar-refractivity contribution is 7.21. The zero-order valence-corrected chi connectivity index (χ0v) is 9.74. The Balaban J connectivity index is 2.18. The van der Waals surface area contributed by atoms with Crippen LogP contribution in [-0.4, -0.2) is 10.1 Å². The number of nitrogens with two attached hydrogens (primary N) is 1. The first-order valence-corrected chi connectivity index (χ1v) is 6.00. The van der Waals surface area contributed by atoms with Gasteiger partial charge in [0.15, 0.2) is 0 Å². The average Bonchev–Trinajstić information content (AvgIpc) is 2.75. The van der Waals surface area contributed by atoms with Crippen LogP contribution in [0.25, 0.3) is 20.8 Å². The van der Waals surface area contributed by atoms with Crippen LogP contribution in [-0.2, 0) is 0 Å². The summed E-state index contributed by atoms with van der Waals surface area (Å²) in [7, 11) is 0. The molecule has 0 fully saturated rings. The summed E-state index contributed by atoms with van der Waals surface area (Å²) in [6.45, 7) is 0. The van der Waals surface area contributed by atoms with Gasteiger partial charge in [0, 0.05) is 11.3 Å². The third kappa shape index (κ3) is 1.72. The standard InChI is InChI=1S/C13H10N2OS/c14-9-6-4-8(5-7-9)13-15-12-10(16)2-1-3-11(12)17-13/h1-7,16H,14H2. The van der Waals surface area contributed by atoms with E-state index in [1.165, 1.54) is 0 Å². The number of nitrogens with zero attached hydrogens (tertiary/aromatic N) is 1.